The van der Waals surface area contributed by atoms with Crippen LogP contribution in [-0.4, -0.2) is 31.4 Å². The molecule has 1 rings (SSSR count). The molecule has 1 unspecified atom stereocenters. The SMILES string of the molecule is CCSc1cccc(NC(=O)C(N)COC)c1.Cl. The van der Waals surface area contributed by atoms with Crippen molar-refractivity contribution < 1.29 is 9.53 Å². The fourth-order valence-electron chi connectivity index (χ4n) is 1.32. The fraction of sp³-hybridized carbons (Fsp3) is 0.417. The molecular formula is C12H19ClN2O2S. The molecule has 18 heavy (non-hydrogen) atoms. The minimum absolute atomic E-state index is 0. The molecule has 0 aliphatic heterocycles. The Morgan fingerprint density at radius 2 is 2.28 bits per heavy atom. The Labute approximate surface area is 118 Å². The van der Waals surface area contributed by atoms with Gasteiger partial charge in [0.2, 0.25) is 5.91 Å². The average molecular weight is 291 g/mol. The van der Waals surface area contributed by atoms with Gasteiger partial charge in [0, 0.05) is 17.7 Å². The Kier molecular flexibility index (Phi) is 8.83. The molecule has 0 fully saturated rings. The molecule has 1 atom stereocenters. The molecule has 0 spiro atoms. The van der Waals surface area contributed by atoms with Crippen molar-refractivity contribution >= 4 is 35.8 Å². The first-order chi connectivity index (χ1) is 8.17. The van der Waals surface area contributed by atoms with E-state index in [1.807, 2.05) is 24.3 Å². The zero-order valence-corrected chi connectivity index (χ0v) is 12.1. The molecule has 1 aromatic rings. The molecular weight excluding hydrogens is 272 g/mol. The molecule has 0 saturated heterocycles. The first-order valence-corrected chi connectivity index (χ1v) is 6.44. The Hall–Kier alpha value is -0.750. The minimum atomic E-state index is -0.637. The van der Waals surface area contributed by atoms with Crippen molar-refractivity contribution in [3.8, 4) is 0 Å². The van der Waals surface area contributed by atoms with Gasteiger partial charge in [-0.1, -0.05) is 13.0 Å². The molecule has 0 aromatic heterocycles. The second-order valence-electron chi connectivity index (χ2n) is 3.51. The predicted molar refractivity (Wildman–Crippen MR) is 78.6 cm³/mol. The van der Waals surface area contributed by atoms with Gasteiger partial charge in [-0.3, -0.25) is 4.79 Å². The zero-order chi connectivity index (χ0) is 12.7. The van der Waals surface area contributed by atoms with Crippen molar-refractivity contribution in [2.45, 2.75) is 17.9 Å². The van der Waals surface area contributed by atoms with Crippen molar-refractivity contribution in [1.82, 2.24) is 0 Å². The summed E-state index contributed by atoms with van der Waals surface area (Å²) in [5, 5.41) is 2.77. The van der Waals surface area contributed by atoms with Crippen LogP contribution in [0.15, 0.2) is 29.2 Å². The minimum Gasteiger partial charge on any atom is -0.383 e. The number of amides is 1. The number of nitrogens with one attached hydrogen (secondary N) is 1. The van der Waals surface area contributed by atoms with E-state index < -0.39 is 6.04 Å². The van der Waals surface area contributed by atoms with Crippen LogP contribution in [0, 0.1) is 0 Å². The van der Waals surface area contributed by atoms with Crippen LogP contribution in [0.4, 0.5) is 5.69 Å². The van der Waals surface area contributed by atoms with Gasteiger partial charge >= 0.3 is 0 Å². The summed E-state index contributed by atoms with van der Waals surface area (Å²) in [6.45, 7) is 2.31. The van der Waals surface area contributed by atoms with Crippen LogP contribution in [0.1, 0.15) is 6.92 Å². The van der Waals surface area contributed by atoms with Gasteiger partial charge in [0.1, 0.15) is 6.04 Å². The first-order valence-electron chi connectivity index (χ1n) is 5.45. The number of anilines is 1. The summed E-state index contributed by atoms with van der Waals surface area (Å²) in [6, 6.07) is 7.07. The van der Waals surface area contributed by atoms with Crippen LogP contribution in [-0.2, 0) is 9.53 Å². The smallest absolute Gasteiger partial charge is 0.243 e. The quantitative estimate of drug-likeness (QED) is 0.788. The van der Waals surface area contributed by atoms with Gasteiger partial charge in [-0.25, -0.2) is 0 Å². The van der Waals surface area contributed by atoms with E-state index in [1.54, 1.807) is 11.8 Å². The number of nitrogens with two attached hydrogens (primary N) is 1. The van der Waals surface area contributed by atoms with Gasteiger partial charge in [0.05, 0.1) is 6.61 Å². The van der Waals surface area contributed by atoms with Gasteiger partial charge in [0.15, 0.2) is 0 Å². The number of hydrogen-bond acceptors (Lipinski definition) is 4. The maximum absolute atomic E-state index is 11.6. The highest BCUT2D eigenvalue weighted by Crippen LogP contribution is 2.21. The summed E-state index contributed by atoms with van der Waals surface area (Å²) in [4.78, 5) is 12.8. The summed E-state index contributed by atoms with van der Waals surface area (Å²) >= 11 is 1.73. The molecule has 1 aromatic carbocycles. The van der Waals surface area contributed by atoms with Gasteiger partial charge in [0.25, 0.3) is 0 Å². The van der Waals surface area contributed by atoms with E-state index in [4.69, 9.17) is 10.5 Å². The zero-order valence-electron chi connectivity index (χ0n) is 10.5. The lowest BCUT2D eigenvalue weighted by Crippen LogP contribution is -2.39. The molecule has 0 radical (unpaired) electrons. The number of methoxy groups -OCH3 is 1. The van der Waals surface area contributed by atoms with Crippen LogP contribution < -0.4 is 11.1 Å². The third-order valence-electron chi connectivity index (χ3n) is 2.10. The molecule has 0 bridgehead atoms. The Balaban J connectivity index is 0.00000289. The summed E-state index contributed by atoms with van der Waals surface area (Å²) in [6.07, 6.45) is 0. The van der Waals surface area contributed by atoms with Gasteiger partial charge in [-0.2, -0.15) is 0 Å². The van der Waals surface area contributed by atoms with Crippen LogP contribution >= 0.6 is 24.2 Å². The van der Waals surface area contributed by atoms with E-state index in [1.165, 1.54) is 7.11 Å². The van der Waals surface area contributed by atoms with Crippen LogP contribution in [0.5, 0.6) is 0 Å². The summed E-state index contributed by atoms with van der Waals surface area (Å²) < 4.78 is 4.83. The number of ether oxygens (including phenoxy) is 1. The Morgan fingerprint density at radius 1 is 1.56 bits per heavy atom. The highest BCUT2D eigenvalue weighted by Gasteiger charge is 2.12. The van der Waals surface area contributed by atoms with Gasteiger partial charge in [-0.15, -0.1) is 24.2 Å². The number of rotatable bonds is 6. The third kappa shape index (κ3) is 5.73. The highest BCUT2D eigenvalue weighted by molar-refractivity contribution is 7.99. The lowest BCUT2D eigenvalue weighted by atomic mass is 10.2. The normalized spacial score (nSPS) is 11.5. The number of carbonyl (C=O) groups excluding carboxylic acids is 1. The van der Waals surface area contributed by atoms with Crippen LogP contribution in [0.2, 0.25) is 0 Å². The van der Waals surface area contributed by atoms with Gasteiger partial charge in [-0.05, 0) is 24.0 Å². The first kappa shape index (κ1) is 17.2. The van der Waals surface area contributed by atoms with E-state index >= 15 is 0 Å². The Morgan fingerprint density at radius 3 is 2.89 bits per heavy atom. The number of hydrogen-bond donors (Lipinski definition) is 2. The van der Waals surface area contributed by atoms with Crippen molar-refractivity contribution in [3.05, 3.63) is 24.3 Å². The number of carbonyl (C=O) groups is 1. The maximum atomic E-state index is 11.6. The molecule has 102 valence electrons. The molecule has 0 aliphatic rings. The lowest BCUT2D eigenvalue weighted by Gasteiger charge is -2.11. The van der Waals surface area contributed by atoms with E-state index in [-0.39, 0.29) is 24.9 Å². The molecule has 3 N–H and O–H groups in total. The van der Waals surface area contributed by atoms with Crippen LogP contribution in [0.3, 0.4) is 0 Å². The molecule has 4 nitrogen and oxygen atoms in total. The van der Waals surface area contributed by atoms with E-state index in [0.29, 0.717) is 0 Å². The van der Waals surface area contributed by atoms with Gasteiger partial charge < -0.3 is 15.8 Å². The second-order valence-corrected chi connectivity index (χ2v) is 4.85. The molecule has 0 aliphatic carbocycles. The Bertz CT molecular complexity index is 377. The third-order valence-corrected chi connectivity index (χ3v) is 2.97. The summed E-state index contributed by atoms with van der Waals surface area (Å²) in [5.41, 5.74) is 6.39. The van der Waals surface area contributed by atoms with Crippen molar-refractivity contribution in [1.29, 1.82) is 0 Å². The molecule has 0 saturated carbocycles. The van der Waals surface area contributed by atoms with Crippen molar-refractivity contribution in [3.63, 3.8) is 0 Å². The lowest BCUT2D eigenvalue weighted by molar-refractivity contribution is -0.118. The van der Waals surface area contributed by atoms with Crippen molar-refractivity contribution in [2.24, 2.45) is 5.73 Å². The number of thioether (sulfide) groups is 1. The van der Waals surface area contributed by atoms with E-state index in [2.05, 4.69) is 12.2 Å². The summed E-state index contributed by atoms with van der Waals surface area (Å²) in [5.74, 6) is 0.770. The molecule has 1 amide bonds. The standard InChI is InChI=1S/C12H18N2O2S.ClH/c1-3-17-10-6-4-5-9(7-10)14-12(15)11(13)8-16-2;/h4-7,11H,3,8,13H2,1-2H3,(H,14,15);1H. The molecule has 6 heteroatoms. The maximum Gasteiger partial charge on any atom is 0.243 e. The topological polar surface area (TPSA) is 64.4 Å². The largest absolute Gasteiger partial charge is 0.383 e. The fourth-order valence-corrected chi connectivity index (χ4v) is 2.04. The second kappa shape index (κ2) is 9.22. The van der Waals surface area contributed by atoms with Crippen LogP contribution in [0.25, 0.3) is 0 Å². The predicted octanol–water partition coefficient (Wildman–Crippen LogP) is 2.13. The number of benzene rings is 1. The highest BCUT2D eigenvalue weighted by atomic mass is 35.5. The summed E-state index contributed by atoms with van der Waals surface area (Å²) in [7, 11) is 1.52. The average Bonchev–Trinajstić information content (AvgIpc) is 2.30. The van der Waals surface area contributed by atoms with E-state index in [0.717, 1.165) is 16.3 Å². The molecule has 0 heterocycles. The van der Waals surface area contributed by atoms with Crippen molar-refractivity contribution in [2.75, 3.05) is 24.8 Å². The monoisotopic (exact) mass is 290 g/mol. The number of halogens is 1. The van der Waals surface area contributed by atoms with E-state index in [9.17, 15) is 4.79 Å².